The molecule has 2 aliphatic rings. The number of aromatic nitrogens is 1. The Bertz CT molecular complexity index is 813. The third kappa shape index (κ3) is 4.09. The molecule has 7 nitrogen and oxygen atoms in total. The number of carbonyl (C=O) groups excluding carboxylic acids is 1. The first kappa shape index (κ1) is 19.1. The van der Waals surface area contributed by atoms with E-state index < -0.39 is 0 Å². The molecule has 28 heavy (non-hydrogen) atoms. The lowest BCUT2D eigenvalue weighted by Gasteiger charge is -2.35. The number of likely N-dealkylation sites (tertiary alicyclic amines) is 1. The molecule has 0 N–H and O–H groups in total. The van der Waals surface area contributed by atoms with Gasteiger partial charge in [0.25, 0.3) is 6.01 Å². The lowest BCUT2D eigenvalue weighted by molar-refractivity contribution is -0.134. The topological polar surface area (TPSA) is 68.0 Å². The maximum atomic E-state index is 12.7. The minimum absolute atomic E-state index is 0.267. The van der Waals surface area contributed by atoms with Crippen molar-refractivity contribution in [1.29, 1.82) is 0 Å². The lowest BCUT2D eigenvalue weighted by Crippen LogP contribution is -2.43. The molecule has 7 heteroatoms. The van der Waals surface area contributed by atoms with Gasteiger partial charge in [-0.15, -0.1) is 0 Å². The highest BCUT2D eigenvalue weighted by Crippen LogP contribution is 2.29. The molecule has 0 bridgehead atoms. The van der Waals surface area contributed by atoms with Crippen LogP contribution < -0.4 is 9.64 Å². The van der Waals surface area contributed by atoms with Gasteiger partial charge in [-0.05, 0) is 43.7 Å². The summed E-state index contributed by atoms with van der Waals surface area (Å²) in [4.78, 5) is 21.5. The molecule has 1 aromatic carbocycles. The molecule has 0 saturated carbocycles. The second-order valence-corrected chi connectivity index (χ2v) is 7.80. The summed E-state index contributed by atoms with van der Waals surface area (Å²) < 4.78 is 16.6. The van der Waals surface area contributed by atoms with E-state index in [1.807, 2.05) is 23.1 Å². The normalized spacial score (nSPS) is 21.3. The Balaban J connectivity index is 1.37. The van der Waals surface area contributed by atoms with E-state index in [1.54, 1.807) is 14.2 Å². The predicted octanol–water partition coefficient (Wildman–Crippen LogP) is 3.08. The summed E-state index contributed by atoms with van der Waals surface area (Å²) in [6.45, 7) is 3.33. The number of hydrogen-bond donors (Lipinski definition) is 0. The molecule has 0 aliphatic carbocycles. The first-order valence-corrected chi connectivity index (χ1v) is 10.2. The van der Waals surface area contributed by atoms with Gasteiger partial charge in [0.2, 0.25) is 5.91 Å². The first-order chi connectivity index (χ1) is 13.7. The molecule has 2 fully saturated rings. The van der Waals surface area contributed by atoms with Crippen molar-refractivity contribution in [3.05, 3.63) is 18.2 Å². The molecule has 1 aromatic heterocycles. The van der Waals surface area contributed by atoms with Gasteiger partial charge in [-0.1, -0.05) is 0 Å². The molecule has 152 valence electrons. The zero-order valence-corrected chi connectivity index (χ0v) is 16.7. The Kier molecular flexibility index (Phi) is 5.71. The summed E-state index contributed by atoms with van der Waals surface area (Å²) in [6.07, 6.45) is 4.89. The molecule has 1 unspecified atom stereocenters. The van der Waals surface area contributed by atoms with Gasteiger partial charge in [-0.25, -0.2) is 0 Å². The molecular formula is C21H29N3O4. The summed E-state index contributed by atoms with van der Waals surface area (Å²) in [7, 11) is 3.40. The molecule has 0 spiro atoms. The zero-order chi connectivity index (χ0) is 19.5. The molecular weight excluding hydrogens is 358 g/mol. The zero-order valence-electron chi connectivity index (χ0n) is 16.7. The molecule has 1 atom stereocenters. The predicted molar refractivity (Wildman–Crippen MR) is 107 cm³/mol. The van der Waals surface area contributed by atoms with Crippen LogP contribution in [-0.4, -0.2) is 62.3 Å². The summed E-state index contributed by atoms with van der Waals surface area (Å²) >= 11 is 0. The van der Waals surface area contributed by atoms with Crippen LogP contribution in [-0.2, 0) is 9.53 Å². The molecule has 1 amide bonds. The summed E-state index contributed by atoms with van der Waals surface area (Å²) in [5, 5.41) is 0. The minimum atomic E-state index is 0.267. The third-order valence-corrected chi connectivity index (χ3v) is 5.96. The number of oxazole rings is 1. The Morgan fingerprint density at radius 3 is 2.79 bits per heavy atom. The van der Waals surface area contributed by atoms with Crippen molar-refractivity contribution in [2.24, 2.45) is 5.92 Å². The summed E-state index contributed by atoms with van der Waals surface area (Å²) in [6, 6.07) is 6.29. The number of anilines is 1. The molecule has 2 aromatic rings. The maximum Gasteiger partial charge on any atom is 0.298 e. The van der Waals surface area contributed by atoms with Crippen LogP contribution in [0.1, 0.15) is 32.1 Å². The number of benzene rings is 1. The monoisotopic (exact) mass is 387 g/mol. The quantitative estimate of drug-likeness (QED) is 0.785. The minimum Gasteiger partial charge on any atom is -0.497 e. The third-order valence-electron chi connectivity index (χ3n) is 5.96. The van der Waals surface area contributed by atoms with Crippen molar-refractivity contribution in [3.8, 4) is 5.75 Å². The van der Waals surface area contributed by atoms with Crippen molar-refractivity contribution in [3.63, 3.8) is 0 Å². The van der Waals surface area contributed by atoms with Crippen LogP contribution in [0.5, 0.6) is 5.75 Å². The average Bonchev–Trinajstić information content (AvgIpc) is 3.17. The van der Waals surface area contributed by atoms with Crippen LogP contribution in [0.15, 0.2) is 22.6 Å². The number of piperidine rings is 2. The SMILES string of the molecule is COc1ccc2oc(N3CCCC(CC(=O)N4CCC(OC)CC4)C3)nc2c1. The number of rotatable bonds is 5. The smallest absolute Gasteiger partial charge is 0.298 e. The molecule has 2 aliphatic heterocycles. The van der Waals surface area contributed by atoms with E-state index in [1.165, 1.54) is 0 Å². The van der Waals surface area contributed by atoms with Gasteiger partial charge >= 0.3 is 0 Å². The van der Waals surface area contributed by atoms with Gasteiger partial charge in [0.05, 0.1) is 13.2 Å². The van der Waals surface area contributed by atoms with Gasteiger partial charge in [0, 0.05) is 45.8 Å². The van der Waals surface area contributed by atoms with Crippen molar-refractivity contribution < 1.29 is 18.7 Å². The van der Waals surface area contributed by atoms with E-state index in [9.17, 15) is 4.79 Å². The van der Waals surface area contributed by atoms with Gasteiger partial charge in [-0.3, -0.25) is 4.79 Å². The van der Waals surface area contributed by atoms with Gasteiger partial charge in [0.1, 0.15) is 11.3 Å². The average molecular weight is 387 g/mol. The first-order valence-electron chi connectivity index (χ1n) is 10.2. The molecule has 4 rings (SSSR count). The highest BCUT2D eigenvalue weighted by Gasteiger charge is 2.28. The highest BCUT2D eigenvalue weighted by atomic mass is 16.5. The van der Waals surface area contributed by atoms with Crippen LogP contribution in [0.3, 0.4) is 0 Å². The highest BCUT2D eigenvalue weighted by molar-refractivity contribution is 5.77. The van der Waals surface area contributed by atoms with E-state index in [0.29, 0.717) is 24.5 Å². The fourth-order valence-corrected chi connectivity index (χ4v) is 4.28. The summed E-state index contributed by atoms with van der Waals surface area (Å²) in [5.41, 5.74) is 1.56. The van der Waals surface area contributed by atoms with E-state index in [4.69, 9.17) is 13.9 Å². The van der Waals surface area contributed by atoms with Crippen molar-refractivity contribution in [1.82, 2.24) is 9.88 Å². The molecule has 3 heterocycles. The second-order valence-electron chi connectivity index (χ2n) is 7.80. The fourth-order valence-electron chi connectivity index (χ4n) is 4.28. The van der Waals surface area contributed by atoms with Gasteiger partial charge < -0.3 is 23.7 Å². The molecule has 0 radical (unpaired) electrons. The number of nitrogens with zero attached hydrogens (tertiary/aromatic N) is 3. The number of ether oxygens (including phenoxy) is 2. The van der Waals surface area contributed by atoms with Crippen LogP contribution in [0.2, 0.25) is 0 Å². The number of methoxy groups -OCH3 is 2. The van der Waals surface area contributed by atoms with E-state index in [2.05, 4.69) is 9.88 Å². The maximum absolute atomic E-state index is 12.7. The van der Waals surface area contributed by atoms with Crippen molar-refractivity contribution >= 4 is 23.0 Å². The lowest BCUT2D eigenvalue weighted by atomic mass is 9.94. The Labute approximate surface area is 165 Å². The number of fused-ring (bicyclic) bond motifs is 1. The largest absolute Gasteiger partial charge is 0.497 e. The Morgan fingerprint density at radius 1 is 1.21 bits per heavy atom. The summed E-state index contributed by atoms with van der Waals surface area (Å²) in [5.74, 6) is 1.38. The van der Waals surface area contributed by atoms with Gasteiger partial charge in [-0.2, -0.15) is 4.98 Å². The van der Waals surface area contributed by atoms with E-state index >= 15 is 0 Å². The van der Waals surface area contributed by atoms with Crippen molar-refractivity contribution in [2.75, 3.05) is 45.3 Å². The van der Waals surface area contributed by atoms with Crippen molar-refractivity contribution in [2.45, 2.75) is 38.2 Å². The fraction of sp³-hybridized carbons (Fsp3) is 0.619. The number of amides is 1. The Hall–Kier alpha value is -2.28. The number of carbonyl (C=O) groups is 1. The van der Waals surface area contributed by atoms with E-state index in [-0.39, 0.29) is 5.91 Å². The number of hydrogen-bond acceptors (Lipinski definition) is 6. The standard InChI is InChI=1S/C21H29N3O4/c1-26-16-7-10-23(11-8-16)20(25)12-15-4-3-9-24(14-15)21-22-18-13-17(27-2)5-6-19(18)28-21/h5-6,13,15-16H,3-4,7-12,14H2,1-2H3. The second kappa shape index (κ2) is 8.39. The van der Waals surface area contributed by atoms with Crippen LogP contribution in [0.4, 0.5) is 6.01 Å². The van der Waals surface area contributed by atoms with Crippen LogP contribution in [0.25, 0.3) is 11.1 Å². The van der Waals surface area contributed by atoms with Crippen LogP contribution >= 0.6 is 0 Å². The molecule has 2 saturated heterocycles. The van der Waals surface area contributed by atoms with Gasteiger partial charge in [0.15, 0.2) is 5.58 Å². The Morgan fingerprint density at radius 2 is 2.04 bits per heavy atom. The van der Waals surface area contributed by atoms with E-state index in [0.717, 1.165) is 68.7 Å². The van der Waals surface area contributed by atoms with Crippen LogP contribution in [0, 0.1) is 5.92 Å².